The van der Waals surface area contributed by atoms with Gasteiger partial charge in [0.2, 0.25) is 0 Å². The number of aromatic nitrogens is 2. The first-order chi connectivity index (χ1) is 6.77. The maximum Gasteiger partial charge on any atom is 0.284 e. The van der Waals surface area contributed by atoms with Crippen molar-refractivity contribution in [2.75, 3.05) is 0 Å². The van der Waals surface area contributed by atoms with Crippen LogP contribution in [0.2, 0.25) is 0 Å². The van der Waals surface area contributed by atoms with Crippen LogP contribution >= 0.6 is 0 Å². The van der Waals surface area contributed by atoms with E-state index in [1.54, 1.807) is 6.20 Å². The number of hydrogen-bond acceptors (Lipinski definition) is 2. The molecule has 0 unspecified atom stereocenters. The van der Waals surface area contributed by atoms with Crippen molar-refractivity contribution in [3.8, 4) is 11.3 Å². The van der Waals surface area contributed by atoms with Crippen molar-refractivity contribution in [3.63, 3.8) is 0 Å². The number of hydrogen-bond donors (Lipinski definition) is 2. The molecule has 0 spiro atoms. The van der Waals surface area contributed by atoms with Gasteiger partial charge in [0, 0.05) is 11.8 Å². The topological polar surface area (TPSA) is 71.8 Å². The molecule has 1 aromatic carbocycles. The first-order valence-electron chi connectivity index (χ1n) is 4.18. The van der Waals surface area contributed by atoms with Crippen LogP contribution in [0, 0.1) is 0 Å². The van der Waals surface area contributed by atoms with Gasteiger partial charge in [0.1, 0.15) is 0 Å². The Balaban J connectivity index is 2.39. The fourth-order valence-corrected chi connectivity index (χ4v) is 1.20. The number of imidazole rings is 1. The van der Waals surface area contributed by atoms with Gasteiger partial charge in [-0.25, -0.2) is 4.98 Å². The van der Waals surface area contributed by atoms with Gasteiger partial charge in [-0.2, -0.15) is 0 Å². The van der Waals surface area contributed by atoms with Gasteiger partial charge in [-0.3, -0.25) is 4.79 Å². The molecule has 70 valence electrons. The number of nitrogens with one attached hydrogen (secondary N) is 1. The highest BCUT2D eigenvalue weighted by Gasteiger charge is 2.06. The van der Waals surface area contributed by atoms with Crippen molar-refractivity contribution < 1.29 is 4.79 Å². The van der Waals surface area contributed by atoms with Crippen LogP contribution in [0.25, 0.3) is 11.3 Å². The van der Waals surface area contributed by atoms with E-state index in [-0.39, 0.29) is 5.82 Å². The van der Waals surface area contributed by atoms with E-state index in [4.69, 9.17) is 5.73 Å². The van der Waals surface area contributed by atoms with Crippen LogP contribution in [0.5, 0.6) is 0 Å². The molecule has 1 amide bonds. The van der Waals surface area contributed by atoms with Gasteiger partial charge in [0.05, 0.1) is 5.69 Å². The molecule has 3 N–H and O–H groups in total. The summed E-state index contributed by atoms with van der Waals surface area (Å²) >= 11 is 0. The third-order valence-electron chi connectivity index (χ3n) is 1.88. The van der Waals surface area contributed by atoms with Crippen molar-refractivity contribution in [2.24, 2.45) is 5.73 Å². The van der Waals surface area contributed by atoms with E-state index in [0.717, 1.165) is 11.3 Å². The van der Waals surface area contributed by atoms with E-state index in [9.17, 15) is 4.79 Å². The van der Waals surface area contributed by atoms with E-state index >= 15 is 0 Å². The number of benzene rings is 1. The summed E-state index contributed by atoms with van der Waals surface area (Å²) in [5, 5.41) is 0. The predicted octanol–water partition coefficient (Wildman–Crippen LogP) is 1.18. The SMILES string of the molecule is NC(=O)c1nc(-c2ccccc2)c[nH]1. The number of amides is 1. The van der Waals surface area contributed by atoms with Crippen LogP contribution in [0.3, 0.4) is 0 Å². The average Bonchev–Trinajstić information content (AvgIpc) is 2.68. The van der Waals surface area contributed by atoms with Crippen LogP contribution in [-0.4, -0.2) is 15.9 Å². The van der Waals surface area contributed by atoms with Crippen molar-refractivity contribution in [3.05, 3.63) is 42.4 Å². The van der Waals surface area contributed by atoms with Crippen molar-refractivity contribution in [2.45, 2.75) is 0 Å². The maximum absolute atomic E-state index is 10.8. The van der Waals surface area contributed by atoms with Crippen LogP contribution in [0.1, 0.15) is 10.6 Å². The molecule has 4 heteroatoms. The van der Waals surface area contributed by atoms with Crippen molar-refractivity contribution in [1.29, 1.82) is 0 Å². The largest absolute Gasteiger partial charge is 0.363 e. The minimum absolute atomic E-state index is 0.184. The average molecular weight is 187 g/mol. The Morgan fingerprint density at radius 1 is 1.29 bits per heavy atom. The number of rotatable bonds is 2. The summed E-state index contributed by atoms with van der Waals surface area (Å²) in [5.41, 5.74) is 6.75. The molecular formula is C10H9N3O. The maximum atomic E-state index is 10.8. The van der Waals surface area contributed by atoms with Gasteiger partial charge in [0.25, 0.3) is 5.91 Å². The van der Waals surface area contributed by atoms with E-state index in [0.29, 0.717) is 0 Å². The number of primary amides is 1. The number of nitrogens with two attached hydrogens (primary N) is 1. The molecule has 0 aliphatic heterocycles. The van der Waals surface area contributed by atoms with E-state index in [2.05, 4.69) is 9.97 Å². The van der Waals surface area contributed by atoms with Crippen LogP contribution < -0.4 is 5.73 Å². The predicted molar refractivity (Wildman–Crippen MR) is 52.5 cm³/mol. The molecule has 0 aliphatic carbocycles. The normalized spacial score (nSPS) is 10.0. The highest BCUT2D eigenvalue weighted by Crippen LogP contribution is 2.15. The molecule has 4 nitrogen and oxygen atoms in total. The molecule has 0 saturated carbocycles. The first kappa shape index (κ1) is 8.50. The summed E-state index contributed by atoms with van der Waals surface area (Å²) in [6.45, 7) is 0. The fraction of sp³-hybridized carbons (Fsp3) is 0. The molecule has 0 radical (unpaired) electrons. The van der Waals surface area contributed by atoms with Gasteiger partial charge < -0.3 is 10.7 Å². The van der Waals surface area contributed by atoms with Gasteiger partial charge >= 0.3 is 0 Å². The minimum Gasteiger partial charge on any atom is -0.363 e. The lowest BCUT2D eigenvalue weighted by atomic mass is 10.2. The van der Waals surface area contributed by atoms with Gasteiger partial charge in [-0.15, -0.1) is 0 Å². The Morgan fingerprint density at radius 3 is 2.57 bits per heavy atom. The summed E-state index contributed by atoms with van der Waals surface area (Å²) in [6, 6.07) is 9.58. The molecule has 1 aromatic heterocycles. The Labute approximate surface area is 80.8 Å². The second-order valence-corrected chi connectivity index (χ2v) is 2.86. The molecule has 0 saturated heterocycles. The highest BCUT2D eigenvalue weighted by molar-refractivity contribution is 5.89. The third kappa shape index (κ3) is 1.50. The lowest BCUT2D eigenvalue weighted by Crippen LogP contribution is -2.12. The third-order valence-corrected chi connectivity index (χ3v) is 1.88. The fourth-order valence-electron chi connectivity index (χ4n) is 1.20. The highest BCUT2D eigenvalue weighted by atomic mass is 16.1. The van der Waals surface area contributed by atoms with Gasteiger partial charge in [-0.05, 0) is 0 Å². The Kier molecular flexibility index (Phi) is 2.02. The summed E-state index contributed by atoms with van der Waals surface area (Å²) in [7, 11) is 0. The Hall–Kier alpha value is -2.10. The molecule has 2 rings (SSSR count). The van der Waals surface area contributed by atoms with Gasteiger partial charge in [0.15, 0.2) is 5.82 Å². The smallest absolute Gasteiger partial charge is 0.284 e. The number of aromatic amines is 1. The zero-order valence-corrected chi connectivity index (χ0v) is 7.40. The molecule has 0 aliphatic rings. The standard InChI is InChI=1S/C10H9N3O/c11-9(14)10-12-6-8(13-10)7-4-2-1-3-5-7/h1-6H,(H2,11,14)(H,12,13). The van der Waals surface area contributed by atoms with Crippen LogP contribution in [0.4, 0.5) is 0 Å². The zero-order valence-electron chi connectivity index (χ0n) is 7.40. The number of carbonyl (C=O) groups is 1. The molecule has 2 aromatic rings. The lowest BCUT2D eigenvalue weighted by Gasteiger charge is -1.92. The summed E-state index contributed by atoms with van der Waals surface area (Å²) < 4.78 is 0. The van der Waals surface area contributed by atoms with Crippen LogP contribution in [0.15, 0.2) is 36.5 Å². The Bertz CT molecular complexity index is 447. The second-order valence-electron chi connectivity index (χ2n) is 2.86. The number of nitrogens with zero attached hydrogens (tertiary/aromatic N) is 1. The Morgan fingerprint density at radius 2 is 2.00 bits per heavy atom. The second kappa shape index (κ2) is 3.33. The first-order valence-corrected chi connectivity index (χ1v) is 4.18. The van der Waals surface area contributed by atoms with Crippen molar-refractivity contribution in [1.82, 2.24) is 9.97 Å². The summed E-state index contributed by atoms with van der Waals surface area (Å²) in [5.74, 6) is -0.365. The zero-order chi connectivity index (χ0) is 9.97. The van der Waals surface area contributed by atoms with Crippen LogP contribution in [-0.2, 0) is 0 Å². The molecule has 1 heterocycles. The van der Waals surface area contributed by atoms with Gasteiger partial charge in [-0.1, -0.05) is 30.3 Å². The molecule has 0 bridgehead atoms. The minimum atomic E-state index is -0.549. The number of H-pyrrole nitrogens is 1. The summed E-state index contributed by atoms with van der Waals surface area (Å²) in [6.07, 6.45) is 1.66. The number of carbonyl (C=O) groups excluding carboxylic acids is 1. The molecule has 0 atom stereocenters. The quantitative estimate of drug-likeness (QED) is 0.740. The van der Waals surface area contributed by atoms with E-state index in [1.807, 2.05) is 30.3 Å². The molecule has 14 heavy (non-hydrogen) atoms. The molecular weight excluding hydrogens is 178 g/mol. The van der Waals surface area contributed by atoms with Crippen molar-refractivity contribution >= 4 is 5.91 Å². The monoisotopic (exact) mass is 187 g/mol. The molecule has 0 fully saturated rings. The lowest BCUT2D eigenvalue weighted by molar-refractivity contribution is 0.0991. The summed E-state index contributed by atoms with van der Waals surface area (Å²) in [4.78, 5) is 17.5. The van der Waals surface area contributed by atoms with E-state index < -0.39 is 5.91 Å². The van der Waals surface area contributed by atoms with E-state index in [1.165, 1.54) is 0 Å².